The molecular weight excluding hydrogens is 362 g/mol. The lowest BCUT2D eigenvalue weighted by molar-refractivity contribution is 0.281. The molecule has 0 aromatic carbocycles. The van der Waals surface area contributed by atoms with Crippen molar-refractivity contribution in [3.05, 3.63) is 45.6 Å². The Morgan fingerprint density at radius 3 is 2.81 bits per heavy atom. The summed E-state index contributed by atoms with van der Waals surface area (Å²) in [5.41, 5.74) is 8.35. The van der Waals surface area contributed by atoms with Crippen molar-refractivity contribution < 1.29 is 0 Å². The zero-order valence-electron chi connectivity index (χ0n) is 14.9. The molecule has 0 amide bonds. The van der Waals surface area contributed by atoms with Gasteiger partial charge in [0.05, 0.1) is 5.69 Å². The summed E-state index contributed by atoms with van der Waals surface area (Å²) in [6.45, 7) is 4.48. The van der Waals surface area contributed by atoms with Crippen LogP contribution in [0.3, 0.4) is 0 Å². The van der Waals surface area contributed by atoms with E-state index in [4.69, 9.17) is 5.73 Å². The Hall–Kier alpha value is -2.81. The molecule has 2 atom stereocenters. The van der Waals surface area contributed by atoms with E-state index >= 15 is 0 Å². The van der Waals surface area contributed by atoms with Crippen LogP contribution in [0.15, 0.2) is 29.3 Å². The first-order valence-electron chi connectivity index (χ1n) is 8.94. The molecule has 3 aromatic rings. The molecule has 2 aliphatic heterocycles. The lowest BCUT2D eigenvalue weighted by atomic mass is 9.83. The normalized spacial score (nSPS) is 21.1. The van der Waals surface area contributed by atoms with E-state index in [1.165, 1.54) is 6.33 Å². The molecule has 0 unspecified atom stereocenters. The number of nitrogens with two attached hydrogens (primary N) is 1. The topological polar surface area (TPSA) is 103 Å². The van der Waals surface area contributed by atoms with Crippen molar-refractivity contribution >= 4 is 22.3 Å². The van der Waals surface area contributed by atoms with E-state index in [1.54, 1.807) is 23.5 Å². The van der Waals surface area contributed by atoms with E-state index in [0.29, 0.717) is 17.4 Å². The molecule has 0 spiro atoms. The number of rotatable bonds is 2. The second-order valence-corrected chi connectivity index (χ2v) is 8.41. The summed E-state index contributed by atoms with van der Waals surface area (Å²) in [4.78, 5) is 23.3. The first kappa shape index (κ1) is 16.4. The number of anilines is 2. The Labute approximate surface area is 159 Å². The van der Waals surface area contributed by atoms with Crippen LogP contribution in [-0.2, 0) is 6.54 Å². The Morgan fingerprint density at radius 2 is 2.04 bits per heavy atom. The first-order valence-corrected chi connectivity index (χ1v) is 9.76. The van der Waals surface area contributed by atoms with E-state index in [1.807, 2.05) is 11.5 Å². The molecule has 1 saturated heterocycles. The number of nitrogen functional groups attached to an aromatic ring is 1. The molecule has 5 heterocycles. The monoisotopic (exact) mass is 381 g/mol. The maximum Gasteiger partial charge on any atom is 0.251 e. The SMILES string of the molecule is Cc1nnc(N2C[C@@H]3C[C@H](C2)c2cc(-c4cc(N)ncn4)cc(=O)n2C3)s1. The van der Waals surface area contributed by atoms with Gasteiger partial charge in [-0.15, -0.1) is 10.2 Å². The van der Waals surface area contributed by atoms with Crippen molar-refractivity contribution in [1.29, 1.82) is 0 Å². The van der Waals surface area contributed by atoms with Gasteiger partial charge >= 0.3 is 0 Å². The van der Waals surface area contributed by atoms with Gasteiger partial charge in [-0.1, -0.05) is 11.3 Å². The fourth-order valence-electron chi connectivity index (χ4n) is 4.21. The molecule has 8 nitrogen and oxygen atoms in total. The number of hydrogen-bond acceptors (Lipinski definition) is 8. The maximum atomic E-state index is 12.8. The maximum absolute atomic E-state index is 12.8. The van der Waals surface area contributed by atoms with Gasteiger partial charge in [0.2, 0.25) is 5.13 Å². The second kappa shape index (κ2) is 6.12. The van der Waals surface area contributed by atoms with Gasteiger partial charge in [-0.05, 0) is 25.3 Å². The zero-order chi connectivity index (χ0) is 18.5. The number of fused-ring (bicyclic) bond motifs is 4. The minimum absolute atomic E-state index is 0.0228. The first-order chi connectivity index (χ1) is 13.1. The zero-order valence-corrected chi connectivity index (χ0v) is 15.7. The second-order valence-electron chi connectivity index (χ2n) is 7.25. The van der Waals surface area contributed by atoms with Crippen molar-refractivity contribution in [3.63, 3.8) is 0 Å². The van der Waals surface area contributed by atoms with Crippen LogP contribution in [0.4, 0.5) is 10.9 Å². The van der Waals surface area contributed by atoms with Crippen LogP contribution in [0.25, 0.3) is 11.3 Å². The van der Waals surface area contributed by atoms with Crippen LogP contribution < -0.4 is 16.2 Å². The minimum atomic E-state index is 0.0228. The van der Waals surface area contributed by atoms with Gasteiger partial charge in [-0.3, -0.25) is 4.79 Å². The van der Waals surface area contributed by atoms with Gasteiger partial charge in [0.1, 0.15) is 17.2 Å². The number of aryl methyl sites for hydroxylation is 1. The average molecular weight is 381 g/mol. The fourth-order valence-corrected chi connectivity index (χ4v) is 4.91. The van der Waals surface area contributed by atoms with Crippen LogP contribution >= 0.6 is 11.3 Å². The van der Waals surface area contributed by atoms with Crippen molar-refractivity contribution in [2.24, 2.45) is 5.92 Å². The lowest BCUT2D eigenvalue weighted by Gasteiger charge is -2.42. The standard InChI is InChI=1S/C18H19N7OS/c1-10-22-23-18(27-10)24-6-11-2-13(8-24)15-3-12(4-17(26)25(15)7-11)14-5-16(19)21-9-20-14/h3-5,9,11,13H,2,6-8H2,1H3,(H2,19,20,21)/t11-,13+/m0/s1. The van der Waals surface area contributed by atoms with Crippen molar-refractivity contribution in [1.82, 2.24) is 24.7 Å². The van der Waals surface area contributed by atoms with Gasteiger partial charge in [0.15, 0.2) is 0 Å². The van der Waals surface area contributed by atoms with Crippen molar-refractivity contribution in [3.8, 4) is 11.3 Å². The molecule has 2 aliphatic rings. The van der Waals surface area contributed by atoms with Crippen molar-refractivity contribution in [2.75, 3.05) is 23.7 Å². The third-order valence-electron chi connectivity index (χ3n) is 5.33. The van der Waals surface area contributed by atoms with Crippen LogP contribution in [0.1, 0.15) is 23.0 Å². The van der Waals surface area contributed by atoms with Gasteiger partial charge in [0.25, 0.3) is 5.56 Å². The number of aromatic nitrogens is 5. The van der Waals surface area contributed by atoms with Gasteiger partial charge in [0, 0.05) is 48.9 Å². The summed E-state index contributed by atoms with van der Waals surface area (Å²) in [6, 6.07) is 5.44. The molecule has 2 bridgehead atoms. The number of hydrogen-bond donors (Lipinski definition) is 1. The highest BCUT2D eigenvalue weighted by atomic mass is 32.1. The third kappa shape index (κ3) is 2.87. The van der Waals surface area contributed by atoms with E-state index in [-0.39, 0.29) is 11.5 Å². The smallest absolute Gasteiger partial charge is 0.251 e. The Kier molecular flexibility index (Phi) is 3.71. The highest BCUT2D eigenvalue weighted by molar-refractivity contribution is 7.15. The van der Waals surface area contributed by atoms with Crippen LogP contribution in [0.5, 0.6) is 0 Å². The van der Waals surface area contributed by atoms with Crippen LogP contribution in [0, 0.1) is 12.8 Å². The van der Waals surface area contributed by atoms with E-state index in [2.05, 4.69) is 31.1 Å². The quantitative estimate of drug-likeness (QED) is 0.720. The Balaban J connectivity index is 1.54. The molecule has 0 aliphatic carbocycles. The van der Waals surface area contributed by atoms with E-state index in [9.17, 15) is 4.79 Å². The summed E-state index contributed by atoms with van der Waals surface area (Å²) in [6.07, 6.45) is 2.51. The molecule has 2 N–H and O–H groups in total. The summed E-state index contributed by atoms with van der Waals surface area (Å²) in [7, 11) is 0. The fraction of sp³-hybridized carbons (Fsp3) is 0.389. The van der Waals surface area contributed by atoms with Crippen LogP contribution in [-0.4, -0.2) is 37.8 Å². The molecule has 0 saturated carbocycles. The largest absolute Gasteiger partial charge is 0.384 e. The molecule has 138 valence electrons. The highest BCUT2D eigenvalue weighted by Gasteiger charge is 2.36. The van der Waals surface area contributed by atoms with E-state index < -0.39 is 0 Å². The third-order valence-corrected chi connectivity index (χ3v) is 6.23. The molecule has 3 aromatic heterocycles. The predicted octanol–water partition coefficient (Wildman–Crippen LogP) is 1.67. The molecular formula is C18H19N7OS. The molecule has 27 heavy (non-hydrogen) atoms. The minimum Gasteiger partial charge on any atom is -0.384 e. The van der Waals surface area contributed by atoms with E-state index in [0.717, 1.165) is 47.5 Å². The summed E-state index contributed by atoms with van der Waals surface area (Å²) < 4.78 is 1.93. The lowest BCUT2D eigenvalue weighted by Crippen LogP contribution is -2.47. The predicted molar refractivity (Wildman–Crippen MR) is 104 cm³/mol. The molecule has 5 rings (SSSR count). The summed E-state index contributed by atoms with van der Waals surface area (Å²) in [5.74, 6) is 1.13. The molecule has 1 fully saturated rings. The van der Waals surface area contributed by atoms with Gasteiger partial charge in [-0.25, -0.2) is 9.97 Å². The van der Waals surface area contributed by atoms with Crippen LogP contribution in [0.2, 0.25) is 0 Å². The number of piperidine rings is 1. The van der Waals surface area contributed by atoms with Gasteiger partial charge in [-0.2, -0.15) is 0 Å². The van der Waals surface area contributed by atoms with Gasteiger partial charge < -0.3 is 15.2 Å². The number of pyridine rings is 1. The Bertz CT molecular complexity index is 1080. The number of nitrogens with zero attached hydrogens (tertiary/aromatic N) is 6. The highest BCUT2D eigenvalue weighted by Crippen LogP contribution is 2.38. The average Bonchev–Trinajstić information content (AvgIpc) is 3.09. The summed E-state index contributed by atoms with van der Waals surface area (Å²) in [5, 5.41) is 10.4. The Morgan fingerprint density at radius 1 is 1.15 bits per heavy atom. The molecule has 9 heteroatoms. The molecule has 0 radical (unpaired) electrons. The van der Waals surface area contributed by atoms with Crippen molar-refractivity contribution in [2.45, 2.75) is 25.8 Å². The summed E-state index contributed by atoms with van der Waals surface area (Å²) >= 11 is 1.62.